The Balaban J connectivity index is 1.66. The van der Waals surface area contributed by atoms with Gasteiger partial charge in [-0.2, -0.15) is 5.10 Å². The molecule has 0 unspecified atom stereocenters. The van der Waals surface area contributed by atoms with Crippen molar-refractivity contribution in [3.05, 3.63) is 65.2 Å². The lowest BCUT2D eigenvalue weighted by Crippen LogP contribution is -2.31. The minimum absolute atomic E-state index is 0.678. The molecular formula is C23H29N5S. The zero-order valence-electron chi connectivity index (χ0n) is 17.2. The molecule has 0 atom stereocenters. The highest BCUT2D eigenvalue weighted by molar-refractivity contribution is 7.71. The quantitative estimate of drug-likeness (QED) is 0.468. The van der Waals surface area contributed by atoms with Crippen LogP contribution in [-0.2, 0) is 13.2 Å². The summed E-state index contributed by atoms with van der Waals surface area (Å²) in [6.07, 6.45) is 7.42. The summed E-state index contributed by atoms with van der Waals surface area (Å²) in [5.41, 5.74) is 2.21. The third-order valence-electron chi connectivity index (χ3n) is 5.40. The number of pyridine rings is 1. The molecule has 3 aromatic rings. The van der Waals surface area contributed by atoms with Gasteiger partial charge in [-0.1, -0.05) is 44.2 Å². The summed E-state index contributed by atoms with van der Waals surface area (Å²) in [7, 11) is 0. The highest BCUT2D eigenvalue weighted by Crippen LogP contribution is 2.28. The van der Waals surface area contributed by atoms with Gasteiger partial charge in [-0.15, -0.1) is 0 Å². The van der Waals surface area contributed by atoms with Gasteiger partial charge in [-0.3, -0.25) is 14.5 Å². The van der Waals surface area contributed by atoms with E-state index in [2.05, 4.69) is 52.6 Å². The van der Waals surface area contributed by atoms with Crippen molar-refractivity contribution < 1.29 is 0 Å². The van der Waals surface area contributed by atoms with Crippen LogP contribution in [0.2, 0.25) is 0 Å². The summed E-state index contributed by atoms with van der Waals surface area (Å²) in [6.45, 7) is 7.13. The lowest BCUT2D eigenvalue weighted by molar-refractivity contribution is 0.185. The molecule has 152 valence electrons. The summed E-state index contributed by atoms with van der Waals surface area (Å²) in [6, 6.07) is 15.1. The van der Waals surface area contributed by atoms with Crippen molar-refractivity contribution >= 4 is 12.2 Å². The molecule has 0 radical (unpaired) electrons. The third kappa shape index (κ3) is 5.00. The van der Waals surface area contributed by atoms with Crippen molar-refractivity contribution in [3.8, 4) is 11.4 Å². The highest BCUT2D eigenvalue weighted by Gasteiger charge is 2.29. The maximum atomic E-state index is 5.89. The van der Waals surface area contributed by atoms with Gasteiger partial charge in [0.05, 0.1) is 13.2 Å². The predicted octanol–water partition coefficient (Wildman–Crippen LogP) is 4.99. The summed E-state index contributed by atoms with van der Waals surface area (Å²) < 4.78 is 4.90. The Morgan fingerprint density at radius 3 is 2.59 bits per heavy atom. The Morgan fingerprint density at radius 1 is 1.14 bits per heavy atom. The Morgan fingerprint density at radius 2 is 1.93 bits per heavy atom. The number of hydrogen-bond donors (Lipinski definition) is 0. The molecule has 0 saturated heterocycles. The molecule has 1 aromatic carbocycles. The average Bonchev–Trinajstić information content (AvgIpc) is 3.54. The second-order valence-corrected chi connectivity index (χ2v) is 8.65. The van der Waals surface area contributed by atoms with Crippen molar-refractivity contribution in [2.24, 2.45) is 5.92 Å². The van der Waals surface area contributed by atoms with Gasteiger partial charge in [0.1, 0.15) is 0 Å². The molecule has 0 bridgehead atoms. The van der Waals surface area contributed by atoms with Crippen LogP contribution in [0.1, 0.15) is 38.7 Å². The second-order valence-electron chi connectivity index (χ2n) is 8.29. The summed E-state index contributed by atoms with van der Waals surface area (Å²) in [4.78, 5) is 6.83. The predicted molar refractivity (Wildman–Crippen MR) is 119 cm³/mol. The van der Waals surface area contributed by atoms with Crippen LogP contribution in [-0.4, -0.2) is 36.8 Å². The lowest BCUT2D eigenvalue weighted by Gasteiger charge is -2.22. The van der Waals surface area contributed by atoms with Gasteiger partial charge in [-0.05, 0) is 55.1 Å². The molecule has 29 heavy (non-hydrogen) atoms. The minimum atomic E-state index is 0.678. The van der Waals surface area contributed by atoms with Crippen molar-refractivity contribution in [1.29, 1.82) is 0 Å². The second kappa shape index (κ2) is 9.01. The molecular weight excluding hydrogens is 378 g/mol. The molecule has 0 spiro atoms. The van der Waals surface area contributed by atoms with Crippen LogP contribution in [0.4, 0.5) is 0 Å². The van der Waals surface area contributed by atoms with Crippen LogP contribution in [0, 0.1) is 10.7 Å². The fourth-order valence-electron chi connectivity index (χ4n) is 3.55. The van der Waals surface area contributed by atoms with Gasteiger partial charge < -0.3 is 0 Å². The molecule has 4 rings (SSSR count). The van der Waals surface area contributed by atoms with E-state index in [9.17, 15) is 0 Å². The number of hydrogen-bond acceptors (Lipinski definition) is 4. The fourth-order valence-corrected chi connectivity index (χ4v) is 3.80. The summed E-state index contributed by atoms with van der Waals surface area (Å²) in [5.74, 6) is 1.58. The molecule has 1 fully saturated rings. The van der Waals surface area contributed by atoms with E-state index in [1.807, 2.05) is 29.1 Å². The van der Waals surface area contributed by atoms with E-state index in [1.165, 1.54) is 24.8 Å². The van der Waals surface area contributed by atoms with Crippen LogP contribution in [0.5, 0.6) is 0 Å². The smallest absolute Gasteiger partial charge is 0.199 e. The number of aromatic nitrogens is 4. The average molecular weight is 408 g/mol. The van der Waals surface area contributed by atoms with E-state index in [4.69, 9.17) is 17.3 Å². The molecule has 1 aliphatic carbocycles. The first-order chi connectivity index (χ1) is 14.1. The van der Waals surface area contributed by atoms with Gasteiger partial charge in [0.2, 0.25) is 0 Å². The standard InChI is InChI=1S/C23H29N5S/c1-18(2)12-14-26(21-10-11-21)17-28-23(29)27(16-19-7-4-3-5-8-19)22(25-28)20-9-6-13-24-15-20/h3-9,13,15,18,21H,10-12,14,16-17H2,1-2H3. The topological polar surface area (TPSA) is 38.9 Å². The van der Waals surface area contributed by atoms with E-state index in [-0.39, 0.29) is 0 Å². The fraction of sp³-hybridized carbons (Fsp3) is 0.435. The monoisotopic (exact) mass is 407 g/mol. The van der Waals surface area contributed by atoms with Gasteiger partial charge in [-0.25, -0.2) is 4.68 Å². The lowest BCUT2D eigenvalue weighted by atomic mass is 10.1. The van der Waals surface area contributed by atoms with Crippen molar-refractivity contribution in [3.63, 3.8) is 0 Å². The van der Waals surface area contributed by atoms with E-state index in [1.54, 1.807) is 6.20 Å². The Hall–Kier alpha value is -2.31. The summed E-state index contributed by atoms with van der Waals surface area (Å²) in [5, 5.41) is 4.95. The number of benzene rings is 1. The third-order valence-corrected chi connectivity index (χ3v) is 5.83. The number of rotatable bonds is 9. The molecule has 0 amide bonds. The van der Waals surface area contributed by atoms with E-state index < -0.39 is 0 Å². The van der Waals surface area contributed by atoms with E-state index in [0.29, 0.717) is 18.5 Å². The Bertz CT molecular complexity index is 974. The van der Waals surface area contributed by atoms with Crippen LogP contribution < -0.4 is 0 Å². The van der Waals surface area contributed by atoms with Crippen molar-refractivity contribution in [2.45, 2.75) is 52.4 Å². The van der Waals surface area contributed by atoms with Gasteiger partial charge in [0.25, 0.3) is 0 Å². The molecule has 2 heterocycles. The van der Waals surface area contributed by atoms with Gasteiger partial charge in [0.15, 0.2) is 10.6 Å². The highest BCUT2D eigenvalue weighted by atomic mass is 32.1. The maximum absolute atomic E-state index is 5.89. The van der Waals surface area contributed by atoms with Crippen molar-refractivity contribution in [1.82, 2.24) is 24.2 Å². The van der Waals surface area contributed by atoms with Crippen LogP contribution in [0.25, 0.3) is 11.4 Å². The zero-order chi connectivity index (χ0) is 20.2. The first-order valence-corrected chi connectivity index (χ1v) is 10.9. The molecule has 1 saturated carbocycles. The van der Waals surface area contributed by atoms with Crippen molar-refractivity contribution in [2.75, 3.05) is 6.54 Å². The summed E-state index contributed by atoms with van der Waals surface area (Å²) >= 11 is 5.89. The van der Waals surface area contributed by atoms with Crippen LogP contribution in [0.15, 0.2) is 54.9 Å². The molecule has 5 nitrogen and oxygen atoms in total. The van der Waals surface area contributed by atoms with E-state index in [0.717, 1.165) is 29.4 Å². The minimum Gasteiger partial charge on any atom is -0.295 e. The van der Waals surface area contributed by atoms with Gasteiger partial charge in [0, 0.05) is 30.5 Å². The molecule has 1 aliphatic rings. The Kier molecular flexibility index (Phi) is 6.21. The van der Waals surface area contributed by atoms with Crippen LogP contribution in [0.3, 0.4) is 0 Å². The molecule has 0 aliphatic heterocycles. The van der Waals surface area contributed by atoms with Gasteiger partial charge >= 0.3 is 0 Å². The Labute approximate surface area is 178 Å². The first-order valence-electron chi connectivity index (χ1n) is 10.5. The molecule has 0 N–H and O–H groups in total. The number of nitrogens with zero attached hydrogens (tertiary/aromatic N) is 5. The van der Waals surface area contributed by atoms with E-state index >= 15 is 0 Å². The first kappa shape index (κ1) is 20.0. The molecule has 6 heteroatoms. The maximum Gasteiger partial charge on any atom is 0.199 e. The van der Waals surface area contributed by atoms with Crippen LogP contribution >= 0.6 is 12.2 Å². The largest absolute Gasteiger partial charge is 0.295 e. The normalized spacial score (nSPS) is 14.1. The molecule has 2 aromatic heterocycles. The zero-order valence-corrected chi connectivity index (χ0v) is 18.1. The SMILES string of the molecule is CC(C)CCN(Cn1nc(-c2cccnc2)n(Cc2ccccc2)c1=S)C1CC1.